The van der Waals surface area contributed by atoms with Gasteiger partial charge >= 0.3 is 0 Å². The van der Waals surface area contributed by atoms with Gasteiger partial charge in [0.1, 0.15) is 0 Å². The van der Waals surface area contributed by atoms with E-state index < -0.39 is 10.0 Å². The third-order valence-corrected chi connectivity index (χ3v) is 5.21. The number of sulfonamides is 1. The van der Waals surface area contributed by atoms with Crippen molar-refractivity contribution >= 4 is 15.7 Å². The van der Waals surface area contributed by atoms with Crippen LogP contribution in [0.1, 0.15) is 11.1 Å². The van der Waals surface area contributed by atoms with E-state index in [9.17, 15) is 13.5 Å². The van der Waals surface area contributed by atoms with Gasteiger partial charge in [0.05, 0.1) is 35.4 Å². The summed E-state index contributed by atoms with van der Waals surface area (Å²) < 4.78 is 26.9. The maximum Gasteiger partial charge on any atom is 0.264 e. The van der Waals surface area contributed by atoms with E-state index in [1.54, 1.807) is 37.3 Å². The lowest BCUT2D eigenvalue weighted by Gasteiger charge is -2.24. The van der Waals surface area contributed by atoms with E-state index in [4.69, 9.17) is 5.26 Å². The number of hydrogen-bond donors (Lipinski definition) is 1. The Labute approximate surface area is 130 Å². The molecule has 0 amide bonds. The van der Waals surface area contributed by atoms with Gasteiger partial charge in [-0.05, 0) is 42.8 Å². The summed E-state index contributed by atoms with van der Waals surface area (Å²) in [6, 6.07) is 15.0. The fourth-order valence-electron chi connectivity index (χ4n) is 2.20. The van der Waals surface area contributed by atoms with Gasteiger partial charge in [0.25, 0.3) is 10.0 Å². The molecule has 0 aliphatic rings. The molecular formula is C16H16N2O3S. The quantitative estimate of drug-likeness (QED) is 0.915. The first-order chi connectivity index (χ1) is 10.5. The molecule has 22 heavy (non-hydrogen) atoms. The SMILES string of the molecule is Cc1cc(C#N)ccc1S(=O)(=O)N(CCO)c1ccccc1. The summed E-state index contributed by atoms with van der Waals surface area (Å²) in [5, 5.41) is 18.1. The molecule has 0 spiro atoms. The van der Waals surface area contributed by atoms with Crippen molar-refractivity contribution in [1.29, 1.82) is 5.26 Å². The second-order valence-corrected chi connectivity index (χ2v) is 6.56. The molecule has 5 nitrogen and oxygen atoms in total. The van der Waals surface area contributed by atoms with Crippen LogP contribution in [-0.4, -0.2) is 26.7 Å². The van der Waals surface area contributed by atoms with Crippen LogP contribution >= 0.6 is 0 Å². The number of anilines is 1. The number of hydrogen-bond acceptors (Lipinski definition) is 4. The zero-order valence-electron chi connectivity index (χ0n) is 12.1. The number of nitriles is 1. The highest BCUT2D eigenvalue weighted by Gasteiger charge is 2.26. The zero-order valence-corrected chi connectivity index (χ0v) is 12.9. The molecule has 0 atom stereocenters. The maximum atomic E-state index is 12.9. The summed E-state index contributed by atoms with van der Waals surface area (Å²) in [5.41, 5.74) is 1.39. The molecule has 0 aliphatic carbocycles. The molecule has 1 N–H and O–H groups in total. The maximum absolute atomic E-state index is 12.9. The second-order valence-electron chi connectivity index (χ2n) is 4.73. The molecule has 0 radical (unpaired) electrons. The first kappa shape index (κ1) is 16.0. The Hall–Kier alpha value is -2.36. The van der Waals surface area contributed by atoms with E-state index in [1.807, 2.05) is 6.07 Å². The minimum absolute atomic E-state index is 0.0359. The number of aliphatic hydroxyl groups is 1. The molecule has 0 fully saturated rings. The van der Waals surface area contributed by atoms with Crippen molar-refractivity contribution in [2.45, 2.75) is 11.8 Å². The molecular weight excluding hydrogens is 300 g/mol. The summed E-state index contributed by atoms with van der Waals surface area (Å²) in [6.45, 7) is 1.32. The van der Waals surface area contributed by atoms with Crippen molar-refractivity contribution in [3.05, 3.63) is 59.7 Å². The van der Waals surface area contributed by atoms with E-state index in [-0.39, 0.29) is 18.0 Å². The summed E-state index contributed by atoms with van der Waals surface area (Å²) in [4.78, 5) is 0.129. The van der Waals surface area contributed by atoms with Gasteiger partial charge in [0, 0.05) is 0 Å². The lowest BCUT2D eigenvalue weighted by Crippen LogP contribution is -2.34. The zero-order chi connectivity index (χ0) is 16.2. The molecule has 0 heterocycles. The van der Waals surface area contributed by atoms with Crippen LogP contribution in [0.25, 0.3) is 0 Å². The highest BCUT2D eigenvalue weighted by Crippen LogP contribution is 2.25. The standard InChI is InChI=1S/C16H16N2O3S/c1-13-11-14(12-17)7-8-16(13)22(20,21)18(9-10-19)15-5-3-2-4-6-15/h2-8,11,19H,9-10H2,1H3. The van der Waals surface area contributed by atoms with Crippen molar-refractivity contribution in [2.24, 2.45) is 0 Å². The highest BCUT2D eigenvalue weighted by atomic mass is 32.2. The van der Waals surface area contributed by atoms with Crippen molar-refractivity contribution in [1.82, 2.24) is 0 Å². The monoisotopic (exact) mass is 316 g/mol. The molecule has 0 bridgehead atoms. The van der Waals surface area contributed by atoms with Gasteiger partial charge < -0.3 is 5.11 Å². The Kier molecular flexibility index (Phi) is 4.81. The van der Waals surface area contributed by atoms with E-state index in [2.05, 4.69) is 0 Å². The summed E-state index contributed by atoms with van der Waals surface area (Å²) >= 11 is 0. The minimum atomic E-state index is -3.81. The Bertz CT molecular complexity index is 796. The van der Waals surface area contributed by atoms with E-state index in [0.717, 1.165) is 0 Å². The number of aliphatic hydroxyl groups excluding tert-OH is 1. The van der Waals surface area contributed by atoms with Crippen LogP contribution in [0.15, 0.2) is 53.4 Å². The van der Waals surface area contributed by atoms with Crippen LogP contribution in [0, 0.1) is 18.3 Å². The molecule has 114 valence electrons. The van der Waals surface area contributed by atoms with Gasteiger partial charge in [0.2, 0.25) is 0 Å². The number of nitrogens with zero attached hydrogens (tertiary/aromatic N) is 2. The molecule has 2 rings (SSSR count). The topological polar surface area (TPSA) is 81.4 Å². The minimum Gasteiger partial charge on any atom is -0.394 e. The average molecular weight is 316 g/mol. The Morgan fingerprint density at radius 3 is 2.41 bits per heavy atom. The van der Waals surface area contributed by atoms with Gasteiger partial charge in [-0.1, -0.05) is 18.2 Å². The van der Waals surface area contributed by atoms with Crippen LogP contribution in [0.5, 0.6) is 0 Å². The van der Waals surface area contributed by atoms with Crippen LogP contribution in [0.3, 0.4) is 0 Å². The first-order valence-electron chi connectivity index (χ1n) is 6.70. The van der Waals surface area contributed by atoms with Gasteiger partial charge in [-0.15, -0.1) is 0 Å². The van der Waals surface area contributed by atoms with Crippen LogP contribution < -0.4 is 4.31 Å². The largest absolute Gasteiger partial charge is 0.394 e. The third kappa shape index (κ3) is 3.11. The molecule has 0 unspecified atom stereocenters. The Balaban J connectivity index is 2.53. The van der Waals surface area contributed by atoms with E-state index >= 15 is 0 Å². The third-order valence-electron chi connectivity index (χ3n) is 3.22. The molecule has 0 saturated carbocycles. The van der Waals surface area contributed by atoms with E-state index in [1.165, 1.54) is 22.5 Å². The number of rotatable bonds is 5. The predicted octanol–water partition coefficient (Wildman–Crippen LogP) is 2.05. The van der Waals surface area contributed by atoms with Crippen LogP contribution in [0.2, 0.25) is 0 Å². The lowest BCUT2D eigenvalue weighted by molar-refractivity contribution is 0.306. The molecule has 0 aliphatic heterocycles. The molecule has 2 aromatic rings. The van der Waals surface area contributed by atoms with Crippen molar-refractivity contribution < 1.29 is 13.5 Å². The van der Waals surface area contributed by atoms with E-state index in [0.29, 0.717) is 16.8 Å². The molecule has 6 heteroatoms. The molecule has 0 saturated heterocycles. The Morgan fingerprint density at radius 2 is 1.86 bits per heavy atom. The normalized spacial score (nSPS) is 11.0. The smallest absolute Gasteiger partial charge is 0.264 e. The lowest BCUT2D eigenvalue weighted by atomic mass is 10.2. The van der Waals surface area contributed by atoms with Crippen molar-refractivity contribution in [3.63, 3.8) is 0 Å². The Morgan fingerprint density at radius 1 is 1.18 bits per heavy atom. The van der Waals surface area contributed by atoms with Crippen LogP contribution in [-0.2, 0) is 10.0 Å². The summed E-state index contributed by atoms with van der Waals surface area (Å²) in [7, 11) is -3.81. The van der Waals surface area contributed by atoms with Gasteiger partial charge in [-0.3, -0.25) is 4.31 Å². The van der Waals surface area contributed by atoms with Gasteiger partial charge in [-0.25, -0.2) is 8.42 Å². The molecule has 2 aromatic carbocycles. The van der Waals surface area contributed by atoms with Crippen molar-refractivity contribution in [3.8, 4) is 6.07 Å². The summed E-state index contributed by atoms with van der Waals surface area (Å²) in [5.74, 6) is 0. The highest BCUT2D eigenvalue weighted by molar-refractivity contribution is 7.92. The summed E-state index contributed by atoms with van der Waals surface area (Å²) in [6.07, 6.45) is 0. The van der Waals surface area contributed by atoms with Crippen molar-refractivity contribution in [2.75, 3.05) is 17.5 Å². The van der Waals surface area contributed by atoms with Gasteiger partial charge in [-0.2, -0.15) is 5.26 Å². The number of para-hydroxylation sites is 1. The number of aryl methyl sites for hydroxylation is 1. The first-order valence-corrected chi connectivity index (χ1v) is 8.14. The second kappa shape index (κ2) is 6.60. The fraction of sp³-hybridized carbons (Fsp3) is 0.188. The average Bonchev–Trinajstić information content (AvgIpc) is 2.52. The molecule has 0 aromatic heterocycles. The van der Waals surface area contributed by atoms with Gasteiger partial charge in [0.15, 0.2) is 0 Å². The van der Waals surface area contributed by atoms with Crippen LogP contribution in [0.4, 0.5) is 5.69 Å². The number of benzene rings is 2. The predicted molar refractivity (Wildman–Crippen MR) is 84.0 cm³/mol. The fourth-order valence-corrected chi connectivity index (χ4v) is 3.86.